The topological polar surface area (TPSA) is 107 Å². The monoisotopic (exact) mass is 296 g/mol. The van der Waals surface area contributed by atoms with E-state index < -0.39 is 22.0 Å². The van der Waals surface area contributed by atoms with Crippen LogP contribution in [0.1, 0.15) is 25.3 Å². The van der Waals surface area contributed by atoms with Crippen LogP contribution in [-0.2, 0) is 21.2 Å². The quantitative estimate of drug-likeness (QED) is 0.788. The van der Waals surface area contributed by atoms with Crippen LogP contribution in [0.4, 0.5) is 0 Å². The van der Waals surface area contributed by atoms with Crippen molar-refractivity contribution < 1.29 is 18.3 Å². The number of nitrogens with zero attached hydrogens (tertiary/aromatic N) is 1. The van der Waals surface area contributed by atoms with E-state index in [4.69, 9.17) is 10.4 Å². The van der Waals surface area contributed by atoms with E-state index in [1.54, 1.807) is 6.92 Å². The van der Waals surface area contributed by atoms with Crippen LogP contribution in [0, 0.1) is 11.3 Å². The van der Waals surface area contributed by atoms with Crippen molar-refractivity contribution in [2.45, 2.75) is 37.1 Å². The zero-order valence-electron chi connectivity index (χ0n) is 11.0. The van der Waals surface area contributed by atoms with Crippen molar-refractivity contribution in [1.82, 2.24) is 4.72 Å². The van der Waals surface area contributed by atoms with Crippen molar-refractivity contribution in [2.75, 3.05) is 0 Å². The molecule has 0 fully saturated rings. The van der Waals surface area contributed by atoms with Crippen LogP contribution in [0.15, 0.2) is 29.2 Å². The summed E-state index contributed by atoms with van der Waals surface area (Å²) in [7, 11) is -3.87. The first-order valence-corrected chi connectivity index (χ1v) is 7.60. The summed E-state index contributed by atoms with van der Waals surface area (Å²) in [4.78, 5) is 11.0. The molecule has 0 radical (unpaired) electrons. The minimum absolute atomic E-state index is 0.0125. The molecule has 0 aliphatic heterocycles. The van der Waals surface area contributed by atoms with E-state index in [9.17, 15) is 13.2 Å². The van der Waals surface area contributed by atoms with Gasteiger partial charge in [-0.3, -0.25) is 4.79 Å². The van der Waals surface area contributed by atoms with Crippen molar-refractivity contribution in [3.63, 3.8) is 0 Å². The number of carboxylic acid groups (broad SMARTS) is 1. The van der Waals surface area contributed by atoms with Crippen molar-refractivity contribution >= 4 is 16.0 Å². The van der Waals surface area contributed by atoms with Crippen molar-refractivity contribution in [3.8, 4) is 6.07 Å². The Morgan fingerprint density at radius 1 is 1.40 bits per heavy atom. The summed E-state index contributed by atoms with van der Waals surface area (Å²) in [5, 5.41) is 17.5. The Balaban J connectivity index is 2.92. The van der Waals surface area contributed by atoms with Crippen LogP contribution in [0.3, 0.4) is 0 Å². The molecule has 0 unspecified atom stereocenters. The maximum atomic E-state index is 12.1. The second-order valence-corrected chi connectivity index (χ2v) is 5.99. The van der Waals surface area contributed by atoms with Gasteiger partial charge in [0.2, 0.25) is 10.0 Å². The molecule has 1 aromatic carbocycles. The van der Waals surface area contributed by atoms with Gasteiger partial charge in [-0.25, -0.2) is 8.42 Å². The fourth-order valence-corrected chi connectivity index (χ4v) is 2.88. The van der Waals surface area contributed by atoms with Gasteiger partial charge >= 0.3 is 5.97 Å². The number of nitriles is 1. The first kappa shape index (κ1) is 16.1. The Kier molecular flexibility index (Phi) is 5.67. The predicted octanol–water partition coefficient (Wildman–Crippen LogP) is 1.28. The summed E-state index contributed by atoms with van der Waals surface area (Å²) in [6, 6.07) is 6.62. The Morgan fingerprint density at radius 2 is 2.00 bits per heavy atom. The van der Waals surface area contributed by atoms with Gasteiger partial charge < -0.3 is 5.11 Å². The number of rotatable bonds is 7. The molecule has 0 saturated carbocycles. The van der Waals surface area contributed by atoms with Gasteiger partial charge in [0.25, 0.3) is 0 Å². The van der Waals surface area contributed by atoms with Crippen LogP contribution in [0.2, 0.25) is 0 Å². The summed E-state index contributed by atoms with van der Waals surface area (Å²) in [6.45, 7) is 1.78. The Labute approximate surface area is 118 Å². The van der Waals surface area contributed by atoms with Gasteiger partial charge in [-0.05, 0) is 24.1 Å². The van der Waals surface area contributed by atoms with Crippen LogP contribution < -0.4 is 4.72 Å². The Hall–Kier alpha value is -1.91. The molecule has 0 saturated heterocycles. The molecule has 20 heavy (non-hydrogen) atoms. The molecule has 1 atom stereocenters. The maximum Gasteiger partial charge on any atom is 0.321 e. The zero-order valence-corrected chi connectivity index (χ0v) is 11.9. The number of aliphatic carboxylic acids is 1. The van der Waals surface area contributed by atoms with Gasteiger partial charge in [-0.15, -0.1) is 0 Å². The summed E-state index contributed by atoms with van der Waals surface area (Å²) in [5.74, 6) is -1.20. The largest absolute Gasteiger partial charge is 0.480 e. The lowest BCUT2D eigenvalue weighted by Crippen LogP contribution is -2.40. The number of benzene rings is 1. The predicted molar refractivity (Wildman–Crippen MR) is 72.4 cm³/mol. The van der Waals surface area contributed by atoms with Gasteiger partial charge in [-0.2, -0.15) is 9.98 Å². The fourth-order valence-electron chi connectivity index (χ4n) is 1.65. The standard InChI is InChI=1S/C13H16N2O4S/c1-2-3-12(13(16)17)15-20(18,19)11-6-4-10(5-7-11)8-9-14/h4-7,12,15H,2-3,8H2,1H3,(H,16,17)/t12-/m0/s1. The van der Waals surface area contributed by atoms with Crippen LogP contribution in [0.25, 0.3) is 0 Å². The molecule has 0 amide bonds. The van der Waals surface area contributed by atoms with Crippen molar-refractivity contribution in [2.24, 2.45) is 0 Å². The van der Waals surface area contributed by atoms with E-state index in [1.807, 2.05) is 6.07 Å². The number of carboxylic acids is 1. The molecule has 1 aromatic rings. The second-order valence-electron chi connectivity index (χ2n) is 4.28. The molecule has 0 heterocycles. The molecule has 7 heteroatoms. The van der Waals surface area contributed by atoms with Gasteiger partial charge in [-0.1, -0.05) is 25.5 Å². The molecule has 6 nitrogen and oxygen atoms in total. The first-order valence-electron chi connectivity index (χ1n) is 6.11. The molecular weight excluding hydrogens is 280 g/mol. The van der Waals surface area contributed by atoms with Crippen LogP contribution in [-0.4, -0.2) is 25.5 Å². The molecule has 108 valence electrons. The number of nitrogens with one attached hydrogen (secondary N) is 1. The van der Waals surface area contributed by atoms with E-state index in [1.165, 1.54) is 24.3 Å². The van der Waals surface area contributed by atoms with E-state index >= 15 is 0 Å². The maximum absolute atomic E-state index is 12.1. The minimum atomic E-state index is -3.87. The molecule has 0 bridgehead atoms. The summed E-state index contributed by atoms with van der Waals surface area (Å²) in [5.41, 5.74) is 0.704. The molecule has 0 aromatic heterocycles. The lowest BCUT2D eigenvalue weighted by molar-refractivity contribution is -0.139. The third kappa shape index (κ3) is 4.33. The van der Waals surface area contributed by atoms with Crippen molar-refractivity contribution in [1.29, 1.82) is 5.26 Å². The first-order chi connectivity index (χ1) is 9.40. The summed E-state index contributed by atoms with van der Waals surface area (Å²) >= 11 is 0. The second kappa shape index (κ2) is 7.03. The van der Waals surface area contributed by atoms with Gasteiger partial charge in [0.05, 0.1) is 17.4 Å². The SMILES string of the molecule is CCC[C@H](NS(=O)(=O)c1ccc(CC#N)cc1)C(=O)O. The Morgan fingerprint density at radius 3 is 2.45 bits per heavy atom. The molecule has 0 aliphatic rings. The van der Waals surface area contributed by atoms with Crippen LogP contribution >= 0.6 is 0 Å². The third-order valence-corrected chi connectivity index (χ3v) is 4.18. The lowest BCUT2D eigenvalue weighted by Gasteiger charge is -2.14. The highest BCUT2D eigenvalue weighted by Gasteiger charge is 2.24. The molecule has 2 N–H and O–H groups in total. The molecule has 1 rings (SSSR count). The highest BCUT2D eigenvalue weighted by molar-refractivity contribution is 7.89. The van der Waals surface area contributed by atoms with Crippen molar-refractivity contribution in [3.05, 3.63) is 29.8 Å². The smallest absolute Gasteiger partial charge is 0.321 e. The van der Waals surface area contributed by atoms with E-state index in [2.05, 4.69) is 4.72 Å². The highest BCUT2D eigenvalue weighted by atomic mass is 32.2. The summed E-state index contributed by atoms with van der Waals surface area (Å²) < 4.78 is 26.3. The molecule has 0 aliphatic carbocycles. The van der Waals surface area contributed by atoms with E-state index in [-0.39, 0.29) is 17.7 Å². The number of sulfonamides is 1. The minimum Gasteiger partial charge on any atom is -0.480 e. The molecular formula is C13H16N2O4S. The van der Waals surface area contributed by atoms with Gasteiger partial charge in [0.15, 0.2) is 0 Å². The normalized spacial score (nSPS) is 12.6. The average Bonchev–Trinajstić information content (AvgIpc) is 2.39. The highest BCUT2D eigenvalue weighted by Crippen LogP contribution is 2.12. The summed E-state index contributed by atoms with van der Waals surface area (Å²) in [6.07, 6.45) is 0.975. The number of hydrogen-bond donors (Lipinski definition) is 2. The lowest BCUT2D eigenvalue weighted by atomic mass is 10.2. The fraction of sp³-hybridized carbons (Fsp3) is 0.385. The third-order valence-electron chi connectivity index (χ3n) is 2.69. The van der Waals surface area contributed by atoms with Gasteiger partial charge in [0.1, 0.15) is 6.04 Å². The van der Waals surface area contributed by atoms with Gasteiger partial charge in [0, 0.05) is 0 Å². The molecule has 0 spiro atoms. The number of carbonyl (C=O) groups is 1. The zero-order chi connectivity index (χ0) is 15.2. The Bertz CT molecular complexity index is 602. The van der Waals surface area contributed by atoms with Crippen LogP contribution in [0.5, 0.6) is 0 Å². The number of hydrogen-bond acceptors (Lipinski definition) is 4. The van der Waals surface area contributed by atoms with E-state index in [0.29, 0.717) is 12.0 Å². The van der Waals surface area contributed by atoms with E-state index in [0.717, 1.165) is 0 Å². The average molecular weight is 296 g/mol.